The van der Waals surface area contributed by atoms with E-state index < -0.39 is 6.04 Å². The van der Waals surface area contributed by atoms with Crippen molar-refractivity contribution in [3.8, 4) is 11.1 Å². The Kier molecular flexibility index (Phi) is 6.26. The molecule has 30 heavy (non-hydrogen) atoms. The Morgan fingerprint density at radius 2 is 1.70 bits per heavy atom. The van der Waals surface area contributed by atoms with Crippen LogP contribution in [0.15, 0.2) is 61.4 Å². The first-order valence-electron chi connectivity index (χ1n) is 10.9. The lowest BCUT2D eigenvalue weighted by Crippen LogP contribution is -2.60. The molecular formula is C25H29N3O2. The molecule has 0 spiro atoms. The first-order valence-corrected chi connectivity index (χ1v) is 10.9. The van der Waals surface area contributed by atoms with Crippen molar-refractivity contribution in [2.24, 2.45) is 5.92 Å². The third kappa shape index (κ3) is 4.30. The Morgan fingerprint density at radius 3 is 2.37 bits per heavy atom. The highest BCUT2D eigenvalue weighted by molar-refractivity contribution is 5.90. The molecule has 0 radical (unpaired) electrons. The Hall–Kier alpha value is -2.95. The fourth-order valence-corrected chi connectivity index (χ4v) is 4.65. The van der Waals surface area contributed by atoms with Gasteiger partial charge in [0.25, 0.3) is 0 Å². The van der Waals surface area contributed by atoms with Gasteiger partial charge in [-0.15, -0.1) is 6.58 Å². The van der Waals surface area contributed by atoms with Gasteiger partial charge in [-0.25, -0.2) is 0 Å². The Balaban J connectivity index is 1.54. The van der Waals surface area contributed by atoms with Crippen molar-refractivity contribution in [3.05, 3.63) is 67.0 Å². The highest BCUT2D eigenvalue weighted by Gasteiger charge is 2.39. The molecule has 4 rings (SSSR count). The smallest absolute Gasteiger partial charge is 0.246 e. The second kappa shape index (κ2) is 9.24. The number of hydrogen-bond acceptors (Lipinski definition) is 3. The second-order valence-corrected chi connectivity index (χ2v) is 8.24. The molecule has 1 aromatic heterocycles. The fourth-order valence-electron chi connectivity index (χ4n) is 4.65. The van der Waals surface area contributed by atoms with Gasteiger partial charge < -0.3 is 9.80 Å². The van der Waals surface area contributed by atoms with Crippen LogP contribution in [-0.4, -0.2) is 52.3 Å². The third-order valence-corrected chi connectivity index (χ3v) is 6.32. The van der Waals surface area contributed by atoms with Crippen molar-refractivity contribution in [3.63, 3.8) is 0 Å². The van der Waals surface area contributed by atoms with Crippen LogP contribution >= 0.6 is 0 Å². The van der Waals surface area contributed by atoms with E-state index in [1.807, 2.05) is 21.9 Å². The first-order chi connectivity index (χ1) is 14.7. The number of amides is 2. The summed E-state index contributed by atoms with van der Waals surface area (Å²) in [6.45, 7) is 5.49. The van der Waals surface area contributed by atoms with Crippen molar-refractivity contribution in [2.45, 2.75) is 38.1 Å². The minimum absolute atomic E-state index is 0.0331. The van der Waals surface area contributed by atoms with Crippen LogP contribution in [0.5, 0.6) is 0 Å². The van der Waals surface area contributed by atoms with Crippen molar-refractivity contribution in [2.75, 3.05) is 19.6 Å². The molecule has 1 atom stereocenters. The molecule has 1 unspecified atom stereocenters. The molecular weight excluding hydrogens is 374 g/mol. The van der Waals surface area contributed by atoms with Gasteiger partial charge in [-0.05, 0) is 41.7 Å². The van der Waals surface area contributed by atoms with Gasteiger partial charge in [0.15, 0.2) is 0 Å². The zero-order valence-electron chi connectivity index (χ0n) is 17.4. The molecule has 2 heterocycles. The summed E-state index contributed by atoms with van der Waals surface area (Å²) in [4.78, 5) is 34.1. The third-order valence-electron chi connectivity index (χ3n) is 6.32. The van der Waals surface area contributed by atoms with Gasteiger partial charge in [-0.2, -0.15) is 0 Å². The molecule has 1 aliphatic heterocycles. The van der Waals surface area contributed by atoms with E-state index in [0.717, 1.165) is 42.4 Å². The van der Waals surface area contributed by atoms with Crippen LogP contribution in [-0.2, 0) is 16.0 Å². The van der Waals surface area contributed by atoms with E-state index >= 15 is 0 Å². The van der Waals surface area contributed by atoms with Crippen molar-refractivity contribution in [1.29, 1.82) is 0 Å². The van der Waals surface area contributed by atoms with Gasteiger partial charge in [0, 0.05) is 44.4 Å². The second-order valence-electron chi connectivity index (χ2n) is 8.24. The molecule has 1 aliphatic carbocycles. The lowest BCUT2D eigenvalue weighted by Gasteiger charge is -2.41. The van der Waals surface area contributed by atoms with Crippen LogP contribution in [0.2, 0.25) is 0 Å². The van der Waals surface area contributed by atoms with Crippen LogP contribution in [0.4, 0.5) is 0 Å². The number of carbonyl (C=O) groups is 2. The molecule has 0 bridgehead atoms. The topological polar surface area (TPSA) is 53.5 Å². The zero-order chi connectivity index (χ0) is 20.9. The summed E-state index contributed by atoms with van der Waals surface area (Å²) < 4.78 is 0. The number of aromatic nitrogens is 1. The van der Waals surface area contributed by atoms with E-state index in [2.05, 4.69) is 35.8 Å². The van der Waals surface area contributed by atoms with Gasteiger partial charge in [-0.3, -0.25) is 14.6 Å². The van der Waals surface area contributed by atoms with Crippen molar-refractivity contribution >= 4 is 11.8 Å². The summed E-state index contributed by atoms with van der Waals surface area (Å²) in [5, 5.41) is 0. The van der Waals surface area contributed by atoms with Gasteiger partial charge in [0.2, 0.25) is 11.8 Å². The number of carbonyl (C=O) groups excluding carboxylic acids is 2. The van der Waals surface area contributed by atoms with E-state index in [-0.39, 0.29) is 17.7 Å². The molecule has 2 aliphatic rings. The van der Waals surface area contributed by atoms with Crippen LogP contribution in [0.1, 0.15) is 31.2 Å². The average Bonchev–Trinajstić information content (AvgIpc) is 3.32. The summed E-state index contributed by atoms with van der Waals surface area (Å²) in [6.07, 6.45) is 9.99. The van der Waals surface area contributed by atoms with E-state index in [0.29, 0.717) is 26.1 Å². The summed E-state index contributed by atoms with van der Waals surface area (Å²) in [5.41, 5.74) is 3.29. The lowest BCUT2D eigenvalue weighted by molar-refractivity contribution is -0.153. The van der Waals surface area contributed by atoms with E-state index in [1.165, 1.54) is 0 Å². The Bertz CT molecular complexity index is 888. The van der Waals surface area contributed by atoms with Crippen LogP contribution < -0.4 is 0 Å². The summed E-state index contributed by atoms with van der Waals surface area (Å²) in [6, 6.07) is 11.8. The van der Waals surface area contributed by atoms with Crippen molar-refractivity contribution in [1.82, 2.24) is 14.8 Å². The molecule has 2 amide bonds. The first kappa shape index (κ1) is 20.3. The van der Waals surface area contributed by atoms with E-state index in [4.69, 9.17) is 0 Å². The molecule has 1 saturated heterocycles. The minimum atomic E-state index is -0.432. The number of hydrogen-bond donors (Lipinski definition) is 0. The van der Waals surface area contributed by atoms with Crippen LogP contribution in [0.3, 0.4) is 0 Å². The maximum atomic E-state index is 13.2. The van der Waals surface area contributed by atoms with Gasteiger partial charge >= 0.3 is 0 Å². The Morgan fingerprint density at radius 1 is 1.03 bits per heavy atom. The molecule has 2 fully saturated rings. The quantitative estimate of drug-likeness (QED) is 0.691. The highest BCUT2D eigenvalue weighted by atomic mass is 16.2. The lowest BCUT2D eigenvalue weighted by atomic mass is 9.96. The van der Waals surface area contributed by atoms with Crippen molar-refractivity contribution < 1.29 is 9.59 Å². The standard InChI is InChI=1S/C25H29N3O2/c1-2-15-27-16-17-28(24(29)22-5-3-4-6-22)23(25(27)30)18-19-7-9-20(10-8-19)21-11-13-26-14-12-21/h2,7-14,22-23H,1,3-6,15-18H2. The maximum Gasteiger partial charge on any atom is 0.246 e. The molecule has 5 heteroatoms. The van der Waals surface area contributed by atoms with Gasteiger partial charge in [-0.1, -0.05) is 43.2 Å². The number of nitrogens with zero attached hydrogens (tertiary/aromatic N) is 3. The number of piperazine rings is 1. The summed E-state index contributed by atoms with van der Waals surface area (Å²) in [7, 11) is 0. The van der Waals surface area contributed by atoms with Gasteiger partial charge in [0.05, 0.1) is 0 Å². The van der Waals surface area contributed by atoms with Crippen LogP contribution in [0.25, 0.3) is 11.1 Å². The largest absolute Gasteiger partial charge is 0.335 e. The Labute approximate surface area is 178 Å². The highest BCUT2D eigenvalue weighted by Crippen LogP contribution is 2.29. The van der Waals surface area contributed by atoms with E-state index in [9.17, 15) is 9.59 Å². The zero-order valence-corrected chi connectivity index (χ0v) is 17.4. The monoisotopic (exact) mass is 403 g/mol. The molecule has 1 saturated carbocycles. The number of rotatable bonds is 6. The molecule has 5 nitrogen and oxygen atoms in total. The SMILES string of the molecule is C=CCN1CCN(C(=O)C2CCCC2)C(Cc2ccc(-c3ccncc3)cc2)C1=O. The average molecular weight is 404 g/mol. The molecule has 156 valence electrons. The maximum absolute atomic E-state index is 13.2. The predicted octanol–water partition coefficient (Wildman–Crippen LogP) is 3.71. The normalized spacial score (nSPS) is 19.9. The number of pyridine rings is 1. The molecule has 0 N–H and O–H groups in total. The minimum Gasteiger partial charge on any atom is -0.335 e. The molecule has 2 aromatic rings. The fraction of sp³-hybridized carbons (Fsp3) is 0.400. The van der Waals surface area contributed by atoms with Crippen LogP contribution in [0, 0.1) is 5.92 Å². The predicted molar refractivity (Wildman–Crippen MR) is 118 cm³/mol. The summed E-state index contributed by atoms with van der Waals surface area (Å²) >= 11 is 0. The number of benzene rings is 1. The van der Waals surface area contributed by atoms with E-state index in [1.54, 1.807) is 18.5 Å². The summed E-state index contributed by atoms with van der Waals surface area (Å²) in [5.74, 6) is 0.281. The molecule has 1 aromatic carbocycles. The van der Waals surface area contributed by atoms with Gasteiger partial charge in [0.1, 0.15) is 6.04 Å².